The molecule has 0 bridgehead atoms. The van der Waals surface area contributed by atoms with Gasteiger partial charge in [-0.1, -0.05) is 31.9 Å². The maximum Gasteiger partial charge on any atom is 0.291 e. The van der Waals surface area contributed by atoms with E-state index in [1.165, 1.54) is 11.8 Å². The number of anilines is 1. The number of amides is 1. The standard InChI is InChI=1S/C25H29N3O3/c1-4-19-16-26-22(27-19)23(29)28-21-6-5-18(25(30)11-13-31-14-12-25)15-20(21)17-7-9-24(2,3)10-8-17/h1,5-7,15-16,30H,8-14H2,2-3H3,(H,26,27)(H,28,29). The molecule has 1 fully saturated rings. The molecular formula is C25H29N3O3. The van der Waals surface area contributed by atoms with Crippen LogP contribution >= 0.6 is 0 Å². The van der Waals surface area contributed by atoms with E-state index >= 15 is 0 Å². The summed E-state index contributed by atoms with van der Waals surface area (Å²) in [7, 11) is 0. The quantitative estimate of drug-likeness (QED) is 0.647. The number of hydrogen-bond donors (Lipinski definition) is 3. The summed E-state index contributed by atoms with van der Waals surface area (Å²) in [5, 5.41) is 14.2. The Bertz CT molecular complexity index is 1050. The molecule has 4 rings (SSSR count). The van der Waals surface area contributed by atoms with Crippen molar-refractivity contribution in [1.29, 1.82) is 0 Å². The van der Waals surface area contributed by atoms with Gasteiger partial charge in [-0.15, -0.1) is 6.42 Å². The molecule has 0 radical (unpaired) electrons. The number of hydrogen-bond acceptors (Lipinski definition) is 4. The number of imidazole rings is 1. The van der Waals surface area contributed by atoms with Crippen LogP contribution in [-0.4, -0.2) is 34.2 Å². The molecule has 6 nitrogen and oxygen atoms in total. The fraction of sp³-hybridized carbons (Fsp3) is 0.440. The van der Waals surface area contributed by atoms with Crippen molar-refractivity contribution in [1.82, 2.24) is 9.97 Å². The Morgan fingerprint density at radius 3 is 2.71 bits per heavy atom. The van der Waals surface area contributed by atoms with E-state index in [4.69, 9.17) is 11.2 Å². The lowest BCUT2D eigenvalue weighted by atomic mass is 9.76. The lowest BCUT2D eigenvalue weighted by molar-refractivity contribution is -0.0679. The van der Waals surface area contributed by atoms with E-state index in [0.717, 1.165) is 30.4 Å². The molecule has 162 valence electrons. The summed E-state index contributed by atoms with van der Waals surface area (Å²) >= 11 is 0. The number of benzene rings is 1. The number of rotatable bonds is 4. The topological polar surface area (TPSA) is 87.2 Å². The molecular weight excluding hydrogens is 390 g/mol. The van der Waals surface area contributed by atoms with Crippen molar-refractivity contribution < 1.29 is 14.6 Å². The Morgan fingerprint density at radius 2 is 2.06 bits per heavy atom. The molecule has 1 aliphatic heterocycles. The average molecular weight is 420 g/mol. The summed E-state index contributed by atoms with van der Waals surface area (Å²) in [6.45, 7) is 5.61. The molecule has 0 spiro atoms. The number of allylic oxidation sites excluding steroid dienone is 2. The lowest BCUT2D eigenvalue weighted by Gasteiger charge is -2.34. The van der Waals surface area contributed by atoms with Gasteiger partial charge < -0.3 is 20.1 Å². The van der Waals surface area contributed by atoms with Crippen LogP contribution in [0.15, 0.2) is 30.5 Å². The number of nitrogens with zero attached hydrogens (tertiary/aromatic N) is 1. The first-order valence-corrected chi connectivity index (χ1v) is 10.8. The van der Waals surface area contributed by atoms with Crippen molar-refractivity contribution in [2.75, 3.05) is 18.5 Å². The Hall–Kier alpha value is -2.88. The van der Waals surface area contributed by atoms with Crippen LogP contribution in [0.25, 0.3) is 5.57 Å². The Morgan fingerprint density at radius 1 is 1.29 bits per heavy atom. The number of H-pyrrole nitrogens is 1. The summed E-state index contributed by atoms with van der Waals surface area (Å²) in [5.74, 6) is 2.26. The van der Waals surface area contributed by atoms with Crippen LogP contribution < -0.4 is 5.32 Å². The third-order valence-corrected chi connectivity index (χ3v) is 6.39. The molecule has 6 heteroatoms. The van der Waals surface area contributed by atoms with E-state index in [9.17, 15) is 9.90 Å². The second-order valence-electron chi connectivity index (χ2n) is 9.25. The van der Waals surface area contributed by atoms with E-state index in [1.54, 1.807) is 0 Å². The predicted octanol–water partition coefficient (Wildman–Crippen LogP) is 4.23. The fourth-order valence-electron chi connectivity index (χ4n) is 4.22. The number of carbonyl (C=O) groups is 1. The third-order valence-electron chi connectivity index (χ3n) is 6.39. The highest BCUT2D eigenvalue weighted by Crippen LogP contribution is 2.42. The lowest BCUT2D eigenvalue weighted by Crippen LogP contribution is -2.33. The molecule has 3 N–H and O–H groups in total. The van der Waals surface area contributed by atoms with Gasteiger partial charge >= 0.3 is 0 Å². The van der Waals surface area contributed by atoms with Crippen molar-refractivity contribution in [2.45, 2.75) is 51.6 Å². The monoisotopic (exact) mass is 419 g/mol. The van der Waals surface area contributed by atoms with Crippen molar-refractivity contribution in [3.63, 3.8) is 0 Å². The smallest absolute Gasteiger partial charge is 0.291 e. The van der Waals surface area contributed by atoms with E-state index < -0.39 is 5.60 Å². The number of ether oxygens (including phenoxy) is 1. The van der Waals surface area contributed by atoms with Crippen LogP contribution in [0.5, 0.6) is 0 Å². The highest BCUT2D eigenvalue weighted by atomic mass is 16.5. The van der Waals surface area contributed by atoms with Gasteiger partial charge in [0, 0.05) is 37.3 Å². The van der Waals surface area contributed by atoms with E-state index in [1.807, 2.05) is 18.2 Å². The van der Waals surface area contributed by atoms with Gasteiger partial charge in [-0.25, -0.2) is 4.98 Å². The van der Waals surface area contributed by atoms with Gasteiger partial charge in [-0.3, -0.25) is 4.79 Å². The minimum Gasteiger partial charge on any atom is -0.385 e. The number of terminal acetylenes is 1. The zero-order valence-corrected chi connectivity index (χ0v) is 18.1. The highest BCUT2D eigenvalue weighted by Gasteiger charge is 2.33. The van der Waals surface area contributed by atoms with Gasteiger partial charge in [0.05, 0.1) is 11.8 Å². The minimum absolute atomic E-state index is 0.171. The van der Waals surface area contributed by atoms with Crippen molar-refractivity contribution >= 4 is 17.2 Å². The molecule has 0 saturated carbocycles. The van der Waals surface area contributed by atoms with E-state index in [0.29, 0.717) is 37.4 Å². The maximum absolute atomic E-state index is 12.8. The van der Waals surface area contributed by atoms with Crippen molar-refractivity contribution in [2.24, 2.45) is 5.41 Å². The molecule has 1 saturated heterocycles. The Balaban J connectivity index is 1.69. The Kier molecular flexibility index (Phi) is 5.74. The molecule has 1 amide bonds. The van der Waals surface area contributed by atoms with Crippen LogP contribution in [0, 0.1) is 17.8 Å². The van der Waals surface area contributed by atoms with Gasteiger partial charge in [-0.2, -0.15) is 0 Å². The van der Waals surface area contributed by atoms with Crippen LogP contribution in [-0.2, 0) is 10.3 Å². The molecule has 2 aliphatic rings. The first-order valence-electron chi connectivity index (χ1n) is 10.8. The number of aromatic nitrogens is 2. The average Bonchev–Trinajstić information content (AvgIpc) is 3.24. The van der Waals surface area contributed by atoms with Gasteiger partial charge in [0.1, 0.15) is 5.69 Å². The fourth-order valence-corrected chi connectivity index (χ4v) is 4.22. The van der Waals surface area contributed by atoms with Gasteiger partial charge in [0.2, 0.25) is 0 Å². The number of carbonyl (C=O) groups excluding carboxylic acids is 1. The molecule has 0 atom stereocenters. The summed E-state index contributed by atoms with van der Waals surface area (Å²) in [5.41, 5.74) is 3.52. The maximum atomic E-state index is 12.8. The second-order valence-corrected chi connectivity index (χ2v) is 9.25. The molecule has 1 aromatic carbocycles. The van der Waals surface area contributed by atoms with Crippen LogP contribution in [0.1, 0.15) is 73.4 Å². The summed E-state index contributed by atoms with van der Waals surface area (Å²) < 4.78 is 5.44. The molecule has 1 aliphatic carbocycles. The SMILES string of the molecule is C#Cc1cnc(C(=O)Nc2ccc(C3(O)CCOCC3)cc2C2=CCC(C)(C)CC2)[nH]1. The summed E-state index contributed by atoms with van der Waals surface area (Å²) in [6.07, 6.45) is 13.2. The van der Waals surface area contributed by atoms with E-state index in [2.05, 4.69) is 41.1 Å². The molecule has 0 unspecified atom stereocenters. The van der Waals surface area contributed by atoms with Gasteiger partial charge in [0.15, 0.2) is 5.82 Å². The first-order chi connectivity index (χ1) is 14.8. The van der Waals surface area contributed by atoms with Gasteiger partial charge in [-0.05, 0) is 47.9 Å². The van der Waals surface area contributed by atoms with E-state index in [-0.39, 0.29) is 17.1 Å². The summed E-state index contributed by atoms with van der Waals surface area (Å²) in [4.78, 5) is 19.7. The largest absolute Gasteiger partial charge is 0.385 e. The van der Waals surface area contributed by atoms with Crippen molar-refractivity contribution in [3.05, 3.63) is 53.1 Å². The molecule has 31 heavy (non-hydrogen) atoms. The van der Waals surface area contributed by atoms with Gasteiger partial charge in [0.25, 0.3) is 5.91 Å². The van der Waals surface area contributed by atoms with Crippen LogP contribution in [0.3, 0.4) is 0 Å². The molecule has 2 aromatic rings. The zero-order chi connectivity index (χ0) is 22.1. The minimum atomic E-state index is -0.910. The Labute approximate surface area is 183 Å². The number of aromatic amines is 1. The number of aliphatic hydroxyl groups is 1. The summed E-state index contributed by atoms with van der Waals surface area (Å²) in [6, 6.07) is 5.80. The number of nitrogens with one attached hydrogen (secondary N) is 2. The highest BCUT2D eigenvalue weighted by molar-refractivity contribution is 6.03. The predicted molar refractivity (Wildman–Crippen MR) is 120 cm³/mol. The van der Waals surface area contributed by atoms with Crippen LogP contribution in [0.4, 0.5) is 5.69 Å². The second kappa shape index (κ2) is 8.33. The normalized spacial score (nSPS) is 19.9. The third kappa shape index (κ3) is 4.58. The molecule has 1 aromatic heterocycles. The molecule has 2 heterocycles. The van der Waals surface area contributed by atoms with Crippen molar-refractivity contribution in [3.8, 4) is 12.3 Å². The van der Waals surface area contributed by atoms with Crippen LogP contribution in [0.2, 0.25) is 0 Å². The first kappa shape index (κ1) is 21.4. The zero-order valence-electron chi connectivity index (χ0n) is 18.1.